The Morgan fingerprint density at radius 3 is 2.96 bits per heavy atom. The van der Waals surface area contributed by atoms with Gasteiger partial charge in [0.25, 0.3) is 5.56 Å². The van der Waals surface area contributed by atoms with Crippen LogP contribution in [0.2, 0.25) is 0 Å². The van der Waals surface area contributed by atoms with Crippen molar-refractivity contribution in [2.24, 2.45) is 0 Å². The van der Waals surface area contributed by atoms with Gasteiger partial charge in [0.15, 0.2) is 4.96 Å². The Balaban J connectivity index is 1.44. The van der Waals surface area contributed by atoms with Crippen LogP contribution in [0.1, 0.15) is 30.6 Å². The van der Waals surface area contributed by atoms with Gasteiger partial charge in [-0.2, -0.15) is 11.8 Å². The molecule has 0 fully saturated rings. The van der Waals surface area contributed by atoms with Crippen molar-refractivity contribution in [1.29, 1.82) is 0 Å². The van der Waals surface area contributed by atoms with E-state index in [1.54, 1.807) is 24.0 Å². The fraction of sp³-hybridized carbons (Fsp3) is 0.278. The van der Waals surface area contributed by atoms with E-state index in [1.807, 2.05) is 42.6 Å². The summed E-state index contributed by atoms with van der Waals surface area (Å²) in [5, 5.41) is 4.85. The van der Waals surface area contributed by atoms with Crippen LogP contribution < -0.4 is 10.9 Å². The van der Waals surface area contributed by atoms with Crippen LogP contribution in [0.5, 0.6) is 0 Å². The van der Waals surface area contributed by atoms with Crippen molar-refractivity contribution in [3.63, 3.8) is 0 Å². The van der Waals surface area contributed by atoms with Gasteiger partial charge in [0, 0.05) is 35.6 Å². The molecule has 1 atom stereocenters. The summed E-state index contributed by atoms with van der Waals surface area (Å²) in [4.78, 5) is 29.1. The van der Waals surface area contributed by atoms with Gasteiger partial charge in [-0.05, 0) is 12.5 Å². The molecule has 7 heteroatoms. The van der Waals surface area contributed by atoms with E-state index in [0.29, 0.717) is 22.9 Å². The predicted octanol–water partition coefficient (Wildman–Crippen LogP) is 3.26. The molecule has 0 bridgehead atoms. The molecule has 2 aromatic heterocycles. The number of rotatable bonds is 7. The number of amides is 1. The van der Waals surface area contributed by atoms with Crippen LogP contribution >= 0.6 is 23.1 Å². The van der Waals surface area contributed by atoms with E-state index in [9.17, 15) is 9.59 Å². The highest BCUT2D eigenvalue weighted by Crippen LogP contribution is 2.14. The number of thioether (sulfide) groups is 1. The Bertz CT molecular complexity index is 905. The third-order valence-electron chi connectivity index (χ3n) is 3.76. The zero-order chi connectivity index (χ0) is 17.6. The summed E-state index contributed by atoms with van der Waals surface area (Å²) in [7, 11) is 0. The molecule has 0 radical (unpaired) electrons. The number of carbonyl (C=O) groups is 1. The van der Waals surface area contributed by atoms with Gasteiger partial charge in [0.1, 0.15) is 0 Å². The second-order valence-electron chi connectivity index (χ2n) is 5.64. The Hall–Kier alpha value is -2.12. The molecule has 0 aliphatic heterocycles. The van der Waals surface area contributed by atoms with Gasteiger partial charge >= 0.3 is 0 Å². The summed E-state index contributed by atoms with van der Waals surface area (Å²) in [6.45, 7) is 1.98. The first-order valence-corrected chi connectivity index (χ1v) is 10.0. The van der Waals surface area contributed by atoms with E-state index >= 15 is 0 Å². The molecule has 0 saturated carbocycles. The first-order valence-electron chi connectivity index (χ1n) is 8.01. The fourth-order valence-electron chi connectivity index (χ4n) is 2.44. The molecule has 2 heterocycles. The summed E-state index contributed by atoms with van der Waals surface area (Å²) in [5.74, 6) is 1.36. The lowest BCUT2D eigenvalue weighted by molar-refractivity contribution is -0.121. The van der Waals surface area contributed by atoms with Crippen molar-refractivity contribution in [2.45, 2.75) is 25.1 Å². The summed E-state index contributed by atoms with van der Waals surface area (Å²) < 4.78 is 1.54. The van der Waals surface area contributed by atoms with E-state index in [0.717, 1.165) is 11.3 Å². The SMILES string of the molecule is C[C@H](NC(=O)CCSCc1cc(=O)n2ccsc2n1)c1ccccc1. The summed E-state index contributed by atoms with van der Waals surface area (Å²) in [6, 6.07) is 11.5. The number of hydrogen-bond donors (Lipinski definition) is 1. The molecule has 1 aromatic carbocycles. The number of fused-ring (bicyclic) bond motifs is 1. The maximum Gasteiger partial charge on any atom is 0.258 e. The van der Waals surface area contributed by atoms with Gasteiger partial charge in [-0.3, -0.25) is 14.0 Å². The molecule has 3 rings (SSSR count). The number of hydrogen-bond acceptors (Lipinski definition) is 5. The molecule has 0 aliphatic carbocycles. The molecule has 0 saturated heterocycles. The maximum atomic E-state index is 12.0. The summed E-state index contributed by atoms with van der Waals surface area (Å²) >= 11 is 3.05. The van der Waals surface area contributed by atoms with Crippen LogP contribution in [0.15, 0.2) is 52.8 Å². The topological polar surface area (TPSA) is 63.5 Å². The van der Waals surface area contributed by atoms with Crippen molar-refractivity contribution >= 4 is 34.0 Å². The first kappa shape index (κ1) is 17.7. The Morgan fingerprint density at radius 2 is 2.16 bits per heavy atom. The second kappa shape index (κ2) is 8.31. The van der Waals surface area contributed by atoms with Crippen molar-refractivity contribution in [3.05, 3.63) is 69.6 Å². The van der Waals surface area contributed by atoms with Gasteiger partial charge < -0.3 is 5.32 Å². The van der Waals surface area contributed by atoms with Crippen LogP contribution in [0, 0.1) is 0 Å². The highest BCUT2D eigenvalue weighted by Gasteiger charge is 2.09. The molecule has 5 nitrogen and oxygen atoms in total. The van der Waals surface area contributed by atoms with Gasteiger partial charge in [0.2, 0.25) is 5.91 Å². The van der Waals surface area contributed by atoms with Crippen molar-refractivity contribution in [3.8, 4) is 0 Å². The molecule has 130 valence electrons. The monoisotopic (exact) mass is 373 g/mol. The molecular weight excluding hydrogens is 354 g/mol. The summed E-state index contributed by atoms with van der Waals surface area (Å²) in [5.41, 5.74) is 1.80. The summed E-state index contributed by atoms with van der Waals surface area (Å²) in [6.07, 6.45) is 2.17. The van der Waals surface area contributed by atoms with Gasteiger partial charge in [0.05, 0.1) is 11.7 Å². The van der Waals surface area contributed by atoms with E-state index < -0.39 is 0 Å². The average Bonchev–Trinajstić information content (AvgIpc) is 3.09. The minimum absolute atomic E-state index is 0.00153. The first-order chi connectivity index (χ1) is 12.1. The predicted molar refractivity (Wildman–Crippen MR) is 103 cm³/mol. The van der Waals surface area contributed by atoms with E-state index in [1.165, 1.54) is 15.7 Å². The lowest BCUT2D eigenvalue weighted by Crippen LogP contribution is -2.26. The van der Waals surface area contributed by atoms with Crippen LogP contribution in [-0.4, -0.2) is 21.0 Å². The standard InChI is InChI=1S/C18H19N3O2S2/c1-13(14-5-3-2-4-6-14)19-16(22)7-9-24-12-15-11-17(23)21-8-10-25-18(21)20-15/h2-6,8,10-11,13H,7,9,12H2,1H3,(H,19,22)/t13-/m0/s1. The second-order valence-corrected chi connectivity index (χ2v) is 7.62. The molecule has 1 amide bonds. The largest absolute Gasteiger partial charge is 0.350 e. The quantitative estimate of drug-likeness (QED) is 0.646. The Morgan fingerprint density at radius 1 is 1.36 bits per heavy atom. The molecule has 0 spiro atoms. The molecule has 25 heavy (non-hydrogen) atoms. The molecular formula is C18H19N3O2S2. The van der Waals surface area contributed by atoms with Crippen LogP contribution in [0.4, 0.5) is 0 Å². The van der Waals surface area contributed by atoms with Gasteiger partial charge in [-0.1, -0.05) is 30.3 Å². The Kier molecular flexibility index (Phi) is 5.88. The minimum Gasteiger partial charge on any atom is -0.350 e. The molecule has 0 aliphatic rings. The van der Waals surface area contributed by atoms with Crippen LogP contribution in [-0.2, 0) is 10.5 Å². The maximum absolute atomic E-state index is 12.0. The molecule has 1 N–H and O–H groups in total. The zero-order valence-corrected chi connectivity index (χ0v) is 15.5. The molecule has 0 unspecified atom stereocenters. The highest BCUT2D eigenvalue weighted by atomic mass is 32.2. The fourth-order valence-corrected chi connectivity index (χ4v) is 4.01. The number of nitrogens with zero attached hydrogens (tertiary/aromatic N) is 2. The van der Waals surface area contributed by atoms with Crippen molar-refractivity contribution in [1.82, 2.24) is 14.7 Å². The lowest BCUT2D eigenvalue weighted by Gasteiger charge is -2.14. The third-order valence-corrected chi connectivity index (χ3v) is 5.51. The van der Waals surface area contributed by atoms with Crippen LogP contribution in [0.3, 0.4) is 0 Å². The number of nitrogens with one attached hydrogen (secondary N) is 1. The van der Waals surface area contributed by atoms with E-state index in [-0.39, 0.29) is 17.5 Å². The number of benzene rings is 1. The number of carbonyl (C=O) groups excluding carboxylic acids is 1. The number of thiazole rings is 1. The van der Waals surface area contributed by atoms with Crippen molar-refractivity contribution < 1.29 is 4.79 Å². The third kappa shape index (κ3) is 4.70. The smallest absolute Gasteiger partial charge is 0.258 e. The lowest BCUT2D eigenvalue weighted by atomic mass is 10.1. The number of aromatic nitrogens is 2. The van der Waals surface area contributed by atoms with E-state index in [4.69, 9.17) is 0 Å². The minimum atomic E-state index is -0.0590. The average molecular weight is 374 g/mol. The highest BCUT2D eigenvalue weighted by molar-refractivity contribution is 7.98. The normalized spacial score (nSPS) is 12.2. The molecule has 3 aromatic rings. The van der Waals surface area contributed by atoms with Crippen molar-refractivity contribution in [2.75, 3.05) is 5.75 Å². The van der Waals surface area contributed by atoms with Gasteiger partial charge in [-0.15, -0.1) is 11.3 Å². The zero-order valence-electron chi connectivity index (χ0n) is 13.8. The van der Waals surface area contributed by atoms with E-state index in [2.05, 4.69) is 10.3 Å². The Labute approximate surface area is 154 Å². The van der Waals surface area contributed by atoms with Crippen LogP contribution in [0.25, 0.3) is 4.96 Å². The van der Waals surface area contributed by atoms with Gasteiger partial charge in [-0.25, -0.2) is 4.98 Å².